The van der Waals surface area contributed by atoms with Crippen molar-refractivity contribution >= 4 is 8.03 Å². The Bertz CT molecular complexity index is 1090. The van der Waals surface area contributed by atoms with Crippen LogP contribution in [-0.2, 0) is 16.4 Å². The van der Waals surface area contributed by atoms with Crippen LogP contribution in [0, 0.1) is 5.92 Å². The summed E-state index contributed by atoms with van der Waals surface area (Å²) in [4.78, 5) is 11.0. The van der Waals surface area contributed by atoms with E-state index in [1.807, 2.05) is 12.1 Å². The Hall–Kier alpha value is -2.15. The quantitative estimate of drug-likeness (QED) is 0.468. The number of ether oxygens (including phenoxy) is 2. The van der Waals surface area contributed by atoms with Crippen LogP contribution in [0.1, 0.15) is 29.0 Å². The Labute approximate surface area is 194 Å². The van der Waals surface area contributed by atoms with Crippen LogP contribution < -0.4 is 9.47 Å². The van der Waals surface area contributed by atoms with Gasteiger partial charge in [0.25, 0.3) is 0 Å². The van der Waals surface area contributed by atoms with Crippen LogP contribution in [0.15, 0.2) is 54.6 Å². The van der Waals surface area contributed by atoms with Crippen molar-refractivity contribution in [2.45, 2.75) is 42.4 Å². The van der Waals surface area contributed by atoms with Crippen molar-refractivity contribution in [2.75, 3.05) is 20.7 Å². The van der Waals surface area contributed by atoms with Gasteiger partial charge in [0.05, 0.1) is 7.11 Å². The highest BCUT2D eigenvalue weighted by molar-refractivity contribution is 7.38. The number of nitrogens with zero attached hydrogens (tertiary/aromatic N) is 1. The first-order valence-corrected chi connectivity index (χ1v) is 12.7. The normalized spacial score (nSPS) is 32.6. The van der Waals surface area contributed by atoms with E-state index in [1.165, 1.54) is 11.1 Å². The fourth-order valence-corrected chi connectivity index (χ4v) is 6.64. The first-order valence-electron chi connectivity index (χ1n) is 11.3. The second kappa shape index (κ2) is 8.57. The summed E-state index contributed by atoms with van der Waals surface area (Å²) >= 11 is 0. The predicted octanol–water partition coefficient (Wildman–Crippen LogP) is 2.65. The van der Waals surface area contributed by atoms with Crippen molar-refractivity contribution in [1.29, 1.82) is 0 Å². The van der Waals surface area contributed by atoms with Gasteiger partial charge in [-0.1, -0.05) is 48.6 Å². The van der Waals surface area contributed by atoms with Gasteiger partial charge in [0.15, 0.2) is 17.3 Å². The van der Waals surface area contributed by atoms with Gasteiger partial charge in [-0.3, -0.25) is 4.57 Å². The predicted molar refractivity (Wildman–Crippen MR) is 125 cm³/mol. The van der Waals surface area contributed by atoms with Gasteiger partial charge in [0.1, 0.15) is 12.2 Å². The molecule has 176 valence electrons. The summed E-state index contributed by atoms with van der Waals surface area (Å²) < 4.78 is 22.3. The molecule has 8 heteroatoms. The van der Waals surface area contributed by atoms with E-state index in [2.05, 4.69) is 24.1 Å². The first kappa shape index (κ1) is 22.6. The highest BCUT2D eigenvalue weighted by atomic mass is 31.1. The highest BCUT2D eigenvalue weighted by Gasteiger charge is 2.64. The third kappa shape index (κ3) is 3.46. The van der Waals surface area contributed by atoms with Crippen molar-refractivity contribution < 1.29 is 29.1 Å². The van der Waals surface area contributed by atoms with Crippen LogP contribution in [0.3, 0.4) is 0 Å². The molecular formula is C25H30NO6P. The lowest BCUT2D eigenvalue weighted by Gasteiger charge is -2.56. The summed E-state index contributed by atoms with van der Waals surface area (Å²) in [5.74, 6) is 0.869. The van der Waals surface area contributed by atoms with Gasteiger partial charge in [-0.15, -0.1) is 0 Å². The van der Waals surface area contributed by atoms with E-state index in [9.17, 15) is 9.67 Å². The van der Waals surface area contributed by atoms with Crippen LogP contribution in [0.5, 0.6) is 11.5 Å². The molecule has 2 aliphatic carbocycles. The van der Waals surface area contributed by atoms with Crippen molar-refractivity contribution in [3.05, 3.63) is 71.3 Å². The van der Waals surface area contributed by atoms with E-state index in [0.29, 0.717) is 17.5 Å². The van der Waals surface area contributed by atoms with Gasteiger partial charge >= 0.3 is 0 Å². The first-order chi connectivity index (χ1) is 15.9. The zero-order chi connectivity index (χ0) is 23.3. The van der Waals surface area contributed by atoms with Crippen LogP contribution in [0.2, 0.25) is 0 Å². The number of piperidine rings is 1. The molecule has 1 fully saturated rings. The van der Waals surface area contributed by atoms with Crippen molar-refractivity contribution in [3.8, 4) is 11.5 Å². The fourth-order valence-electron chi connectivity index (χ4n) is 6.17. The lowest BCUT2D eigenvalue weighted by molar-refractivity contribution is -0.0453. The Morgan fingerprint density at radius 2 is 1.97 bits per heavy atom. The highest BCUT2D eigenvalue weighted by Crippen LogP contribution is 2.62. The maximum absolute atomic E-state index is 10.6. The summed E-state index contributed by atoms with van der Waals surface area (Å²) in [7, 11) is 1.05. The van der Waals surface area contributed by atoms with Gasteiger partial charge in [-0.05, 0) is 43.6 Å². The molecule has 7 atom stereocenters. The molecule has 2 aromatic carbocycles. The van der Waals surface area contributed by atoms with Crippen molar-refractivity contribution in [1.82, 2.24) is 4.90 Å². The lowest BCUT2D eigenvalue weighted by atomic mass is 9.53. The molecule has 4 aliphatic rings. The Morgan fingerprint density at radius 1 is 1.21 bits per heavy atom. The van der Waals surface area contributed by atoms with E-state index in [0.717, 1.165) is 30.9 Å². The molecular weight excluding hydrogens is 441 g/mol. The van der Waals surface area contributed by atoms with E-state index < -0.39 is 20.0 Å². The van der Waals surface area contributed by atoms with Crippen molar-refractivity contribution in [3.63, 3.8) is 0 Å². The van der Waals surface area contributed by atoms with Gasteiger partial charge in [0.2, 0.25) is 8.03 Å². The maximum atomic E-state index is 10.6. The fraction of sp³-hybridized carbons (Fsp3) is 0.440. The number of hydrogen-bond donors (Lipinski definition) is 3. The van der Waals surface area contributed by atoms with Gasteiger partial charge in [-0.25, -0.2) is 0 Å². The molecule has 33 heavy (non-hydrogen) atoms. The number of likely N-dealkylation sites (N-methyl/N-ethyl adjacent to an activating group) is 1. The molecule has 2 aliphatic heterocycles. The lowest BCUT2D eigenvalue weighted by Crippen LogP contribution is -2.64. The molecule has 0 aromatic heterocycles. The second-order valence-corrected chi connectivity index (χ2v) is 10.5. The second-order valence-electron chi connectivity index (χ2n) is 9.26. The molecule has 6 rings (SSSR count). The van der Waals surface area contributed by atoms with Gasteiger partial charge in [-0.2, -0.15) is 0 Å². The number of aliphatic hydroxyl groups is 2. The third-order valence-electron chi connectivity index (χ3n) is 7.70. The van der Waals surface area contributed by atoms with E-state index >= 15 is 0 Å². The largest absolute Gasteiger partial charge is 0.493 e. The molecule has 0 amide bonds. The smallest absolute Gasteiger partial charge is 0.221 e. The Kier molecular flexibility index (Phi) is 5.88. The summed E-state index contributed by atoms with van der Waals surface area (Å²) in [5.41, 5.74) is 3.09. The van der Waals surface area contributed by atoms with Crippen LogP contribution in [0.4, 0.5) is 0 Å². The summed E-state index contributed by atoms with van der Waals surface area (Å²) in [6.07, 6.45) is 5.54. The number of benzene rings is 2. The molecule has 1 spiro atoms. The monoisotopic (exact) mass is 471 g/mol. The summed E-state index contributed by atoms with van der Waals surface area (Å²) in [6, 6.07) is 13.1. The molecule has 7 nitrogen and oxygen atoms in total. The number of aliphatic hydroxyl groups excluding tert-OH is 2. The molecule has 0 radical (unpaired) electrons. The molecule has 1 saturated heterocycles. The third-order valence-corrected chi connectivity index (χ3v) is 8.50. The molecule has 2 aromatic rings. The van der Waals surface area contributed by atoms with Crippen LogP contribution in [-0.4, -0.2) is 59.0 Å². The van der Waals surface area contributed by atoms with E-state index in [1.54, 1.807) is 37.4 Å². The number of likely N-dealkylation sites (tertiary alicyclic amines) is 1. The molecule has 2 unspecified atom stereocenters. The molecule has 0 saturated carbocycles. The maximum Gasteiger partial charge on any atom is 0.221 e. The Balaban J connectivity index is 0.000000177. The average molecular weight is 471 g/mol. The number of rotatable bonds is 3. The van der Waals surface area contributed by atoms with E-state index in [-0.39, 0.29) is 11.5 Å². The standard InChI is InChI=1S/C18H21NO3.C7H9O3P/c1-19-8-7-18-11-4-5-13(20)17(18)22-16-14(21-2)6-3-10(15(16)18)9-12(11)19;8-7(11(9)10)6-4-2-1-3-5-6/h3-6,11-13,17,20H,7-9H2,1-2H3;1-5,7-8,11H,(H,9,10)/t11-,12+,13-,17-,18-;/m0./s1. The Morgan fingerprint density at radius 3 is 2.67 bits per heavy atom. The van der Waals surface area contributed by atoms with Gasteiger partial charge < -0.3 is 29.5 Å². The van der Waals surface area contributed by atoms with Gasteiger partial charge in [0, 0.05) is 22.9 Å². The molecule has 2 heterocycles. The number of methoxy groups -OCH3 is 1. The minimum Gasteiger partial charge on any atom is -0.493 e. The van der Waals surface area contributed by atoms with E-state index in [4.69, 9.17) is 19.5 Å². The zero-order valence-corrected chi connectivity index (χ0v) is 19.7. The average Bonchev–Trinajstić information content (AvgIpc) is 3.18. The number of hydrogen-bond acceptors (Lipinski definition) is 6. The summed E-state index contributed by atoms with van der Waals surface area (Å²) in [6.45, 7) is 1.05. The SMILES string of the molecule is COc1ccc2c3c1O[C@H]1[C@@H](O)C=C[C@H]4[C@@H](C2)N(C)CC[C@@]341.O=[PH](O)C(O)c1ccccc1. The minimum absolute atomic E-state index is 0.0806. The summed E-state index contributed by atoms with van der Waals surface area (Å²) in [5, 5.41) is 19.6. The topological polar surface area (TPSA) is 99.5 Å². The van der Waals surface area contributed by atoms with Crippen LogP contribution in [0.25, 0.3) is 0 Å². The minimum atomic E-state index is -2.86. The molecule has 2 bridgehead atoms. The van der Waals surface area contributed by atoms with Crippen molar-refractivity contribution in [2.24, 2.45) is 5.92 Å². The van der Waals surface area contributed by atoms with Crippen LogP contribution >= 0.6 is 8.03 Å². The molecule has 3 N–H and O–H groups in total. The zero-order valence-electron chi connectivity index (χ0n) is 18.7.